The lowest BCUT2D eigenvalue weighted by atomic mass is 10.2. The van der Waals surface area contributed by atoms with Crippen molar-refractivity contribution in [2.24, 2.45) is 0 Å². The SMILES string of the molecule is Cc1c[nH]c(C(F)F)c([N+](=O)[O-])c1=O. The fraction of sp³-hybridized carbons (Fsp3) is 0.286. The molecule has 1 N–H and O–H groups in total. The van der Waals surface area contributed by atoms with Crippen molar-refractivity contribution in [3.8, 4) is 0 Å². The molecule has 0 fully saturated rings. The largest absolute Gasteiger partial charge is 0.354 e. The van der Waals surface area contributed by atoms with Gasteiger partial charge < -0.3 is 4.98 Å². The van der Waals surface area contributed by atoms with Crippen LogP contribution in [0.1, 0.15) is 17.7 Å². The van der Waals surface area contributed by atoms with Crippen molar-refractivity contribution in [2.45, 2.75) is 13.3 Å². The van der Waals surface area contributed by atoms with Crippen LogP contribution in [-0.2, 0) is 0 Å². The zero-order valence-corrected chi connectivity index (χ0v) is 7.08. The number of aromatic nitrogens is 1. The van der Waals surface area contributed by atoms with E-state index < -0.39 is 28.2 Å². The highest BCUT2D eigenvalue weighted by atomic mass is 19.3. The van der Waals surface area contributed by atoms with E-state index in [4.69, 9.17) is 0 Å². The van der Waals surface area contributed by atoms with Crippen LogP contribution in [-0.4, -0.2) is 9.91 Å². The van der Waals surface area contributed by atoms with E-state index >= 15 is 0 Å². The van der Waals surface area contributed by atoms with Crippen molar-refractivity contribution in [1.82, 2.24) is 4.98 Å². The number of alkyl halides is 2. The molecule has 0 spiro atoms. The van der Waals surface area contributed by atoms with Crippen molar-refractivity contribution in [1.29, 1.82) is 0 Å². The predicted molar refractivity (Wildman–Crippen MR) is 43.4 cm³/mol. The number of nitrogens with one attached hydrogen (secondary N) is 1. The van der Waals surface area contributed by atoms with Crippen LogP contribution in [0.25, 0.3) is 0 Å². The second-order valence-corrected chi connectivity index (χ2v) is 2.62. The van der Waals surface area contributed by atoms with Crippen LogP contribution in [0.5, 0.6) is 0 Å². The van der Waals surface area contributed by atoms with Gasteiger partial charge in [0, 0.05) is 11.8 Å². The molecule has 0 radical (unpaired) electrons. The molecule has 0 aromatic carbocycles. The van der Waals surface area contributed by atoms with E-state index in [-0.39, 0.29) is 5.56 Å². The van der Waals surface area contributed by atoms with Crippen LogP contribution in [0.2, 0.25) is 0 Å². The maximum absolute atomic E-state index is 12.2. The van der Waals surface area contributed by atoms with Crippen molar-refractivity contribution in [3.63, 3.8) is 0 Å². The molecule has 0 aliphatic heterocycles. The first kappa shape index (κ1) is 10.3. The summed E-state index contributed by atoms with van der Waals surface area (Å²) in [5.74, 6) is 0. The Morgan fingerprint density at radius 2 is 2.14 bits per heavy atom. The second kappa shape index (κ2) is 3.52. The first-order valence-electron chi connectivity index (χ1n) is 3.60. The molecule has 1 heterocycles. The van der Waals surface area contributed by atoms with Crippen molar-refractivity contribution in [2.75, 3.05) is 0 Å². The number of hydrogen-bond acceptors (Lipinski definition) is 3. The van der Waals surface area contributed by atoms with Gasteiger partial charge in [-0.1, -0.05) is 0 Å². The highest BCUT2D eigenvalue weighted by molar-refractivity contribution is 5.38. The Morgan fingerprint density at radius 1 is 1.57 bits per heavy atom. The highest BCUT2D eigenvalue weighted by Gasteiger charge is 2.26. The van der Waals surface area contributed by atoms with Gasteiger partial charge in [-0.15, -0.1) is 0 Å². The quantitative estimate of drug-likeness (QED) is 0.586. The Labute approximate surface area is 76.5 Å². The summed E-state index contributed by atoms with van der Waals surface area (Å²) in [6, 6.07) is 0. The van der Waals surface area contributed by atoms with E-state index in [9.17, 15) is 23.7 Å². The van der Waals surface area contributed by atoms with Crippen LogP contribution in [0.4, 0.5) is 14.5 Å². The van der Waals surface area contributed by atoms with Gasteiger partial charge in [0.05, 0.1) is 4.92 Å². The Morgan fingerprint density at radius 3 is 2.57 bits per heavy atom. The van der Waals surface area contributed by atoms with E-state index in [1.165, 1.54) is 6.92 Å². The monoisotopic (exact) mass is 204 g/mol. The molecule has 0 bridgehead atoms. The maximum atomic E-state index is 12.2. The molecule has 7 heteroatoms. The van der Waals surface area contributed by atoms with E-state index in [0.717, 1.165) is 6.20 Å². The highest BCUT2D eigenvalue weighted by Crippen LogP contribution is 2.23. The first-order valence-corrected chi connectivity index (χ1v) is 3.60. The van der Waals surface area contributed by atoms with Gasteiger partial charge >= 0.3 is 5.69 Å². The van der Waals surface area contributed by atoms with Gasteiger partial charge in [0.25, 0.3) is 11.9 Å². The molecule has 1 aromatic heterocycles. The Kier molecular flexibility index (Phi) is 2.59. The average Bonchev–Trinajstić information content (AvgIpc) is 2.08. The van der Waals surface area contributed by atoms with Crippen LogP contribution >= 0.6 is 0 Å². The van der Waals surface area contributed by atoms with Gasteiger partial charge in [0.2, 0.25) is 0 Å². The third-order valence-corrected chi connectivity index (χ3v) is 1.67. The number of halogens is 2. The van der Waals surface area contributed by atoms with Gasteiger partial charge in [-0.05, 0) is 6.92 Å². The van der Waals surface area contributed by atoms with Crippen LogP contribution < -0.4 is 5.43 Å². The zero-order chi connectivity index (χ0) is 10.9. The zero-order valence-electron chi connectivity index (χ0n) is 7.08. The number of aryl methyl sites for hydroxylation is 1. The number of aromatic amines is 1. The smallest absolute Gasteiger partial charge is 0.341 e. The van der Waals surface area contributed by atoms with Crippen LogP contribution in [0.3, 0.4) is 0 Å². The lowest BCUT2D eigenvalue weighted by Gasteiger charge is -2.01. The summed E-state index contributed by atoms with van der Waals surface area (Å²) in [7, 11) is 0. The number of H-pyrrole nitrogens is 1. The number of rotatable bonds is 2. The molecule has 0 aliphatic rings. The lowest BCUT2D eigenvalue weighted by molar-refractivity contribution is -0.387. The lowest BCUT2D eigenvalue weighted by Crippen LogP contribution is -2.15. The summed E-state index contributed by atoms with van der Waals surface area (Å²) < 4.78 is 24.4. The summed E-state index contributed by atoms with van der Waals surface area (Å²) in [4.78, 5) is 22.4. The second-order valence-electron chi connectivity index (χ2n) is 2.62. The standard InChI is InChI=1S/C7H6F2N2O3/c1-3-2-10-4(7(8)9)5(6(3)12)11(13)14/h2,7H,1H3,(H,10,12). The molecule has 14 heavy (non-hydrogen) atoms. The molecular weight excluding hydrogens is 198 g/mol. The normalized spacial score (nSPS) is 10.6. The molecule has 5 nitrogen and oxygen atoms in total. The molecule has 1 rings (SSSR count). The van der Waals surface area contributed by atoms with Crippen molar-refractivity contribution in [3.05, 3.63) is 37.8 Å². The summed E-state index contributed by atoms with van der Waals surface area (Å²) in [5.41, 5.74) is -2.99. The minimum absolute atomic E-state index is 0.0288. The van der Waals surface area contributed by atoms with E-state index in [1.807, 2.05) is 4.98 Å². The molecule has 0 saturated heterocycles. The third kappa shape index (κ3) is 1.61. The molecule has 0 amide bonds. The van der Waals surface area contributed by atoms with Crippen molar-refractivity contribution >= 4 is 5.69 Å². The van der Waals surface area contributed by atoms with Gasteiger partial charge in [-0.25, -0.2) is 8.78 Å². The van der Waals surface area contributed by atoms with Crippen molar-refractivity contribution < 1.29 is 13.7 Å². The van der Waals surface area contributed by atoms with Gasteiger partial charge in [0.1, 0.15) is 0 Å². The number of hydrogen-bond donors (Lipinski definition) is 1. The summed E-state index contributed by atoms with van der Waals surface area (Å²) in [5, 5.41) is 10.4. The molecule has 0 atom stereocenters. The summed E-state index contributed by atoms with van der Waals surface area (Å²) in [6.07, 6.45) is -2.04. The first-order chi connectivity index (χ1) is 6.45. The van der Waals surface area contributed by atoms with Gasteiger partial charge in [0.15, 0.2) is 5.69 Å². The van der Waals surface area contributed by atoms with Crippen LogP contribution in [0, 0.1) is 17.0 Å². The average molecular weight is 204 g/mol. The molecule has 1 aromatic rings. The molecular formula is C7H6F2N2O3. The van der Waals surface area contributed by atoms with E-state index in [2.05, 4.69) is 0 Å². The summed E-state index contributed by atoms with van der Waals surface area (Å²) in [6.45, 7) is 1.31. The molecule has 0 saturated carbocycles. The Bertz CT molecular complexity index is 427. The number of nitro groups is 1. The van der Waals surface area contributed by atoms with Gasteiger partial charge in [-0.2, -0.15) is 0 Å². The third-order valence-electron chi connectivity index (χ3n) is 1.67. The molecule has 0 aliphatic carbocycles. The topological polar surface area (TPSA) is 76.0 Å². The number of nitrogens with zero attached hydrogens (tertiary/aromatic N) is 1. The van der Waals surface area contributed by atoms with E-state index in [1.54, 1.807) is 0 Å². The molecule has 76 valence electrons. The Balaban J connectivity index is 3.54. The van der Waals surface area contributed by atoms with Crippen LogP contribution in [0.15, 0.2) is 11.0 Å². The predicted octanol–water partition coefficient (Wildman–Crippen LogP) is 1.53. The summed E-state index contributed by atoms with van der Waals surface area (Å²) >= 11 is 0. The van der Waals surface area contributed by atoms with Gasteiger partial charge in [-0.3, -0.25) is 14.9 Å². The fourth-order valence-electron chi connectivity index (χ4n) is 0.977. The molecule has 0 unspecified atom stereocenters. The number of pyridine rings is 1. The maximum Gasteiger partial charge on any atom is 0.341 e. The minimum Gasteiger partial charge on any atom is -0.354 e. The minimum atomic E-state index is -3.07. The Hall–Kier alpha value is -1.79. The fourth-order valence-corrected chi connectivity index (χ4v) is 0.977. The van der Waals surface area contributed by atoms with E-state index in [0.29, 0.717) is 0 Å².